The summed E-state index contributed by atoms with van der Waals surface area (Å²) < 4.78 is 7.44. The normalized spacial score (nSPS) is 17.0. The topological polar surface area (TPSA) is 46.5 Å². The van der Waals surface area contributed by atoms with Gasteiger partial charge in [-0.25, -0.2) is 4.79 Å². The summed E-state index contributed by atoms with van der Waals surface area (Å²) in [5, 5.41) is 3.45. The highest BCUT2D eigenvalue weighted by atomic mass is 35.5. The lowest BCUT2D eigenvalue weighted by molar-refractivity contribution is 0.175. The van der Waals surface area contributed by atoms with E-state index in [2.05, 4.69) is 9.88 Å². The molecule has 0 fully saturated rings. The van der Waals surface area contributed by atoms with E-state index in [0.29, 0.717) is 23.0 Å². The number of ether oxygens (including phenoxy) is 1. The van der Waals surface area contributed by atoms with E-state index in [1.165, 1.54) is 0 Å². The number of hydrogen-bond donors (Lipinski definition) is 1. The zero-order valence-electron chi connectivity index (χ0n) is 12.5. The van der Waals surface area contributed by atoms with Crippen molar-refractivity contribution in [3.8, 4) is 5.75 Å². The number of anilines is 1. The van der Waals surface area contributed by atoms with Crippen molar-refractivity contribution in [2.45, 2.75) is 19.5 Å². The molecule has 0 spiro atoms. The lowest BCUT2D eigenvalue weighted by atomic mass is 10.1. The molecular formula is C16H18ClN3O2. The molecule has 1 aliphatic rings. The van der Waals surface area contributed by atoms with Crippen molar-refractivity contribution in [1.29, 1.82) is 0 Å². The average Bonchev–Trinajstić information content (AvgIpc) is 2.97. The fourth-order valence-corrected chi connectivity index (χ4v) is 2.99. The van der Waals surface area contributed by atoms with Crippen LogP contribution in [0.1, 0.15) is 18.7 Å². The molecule has 2 heterocycles. The monoisotopic (exact) mass is 319 g/mol. The Morgan fingerprint density at radius 1 is 1.36 bits per heavy atom. The lowest BCUT2D eigenvalue weighted by Crippen LogP contribution is -2.43. The number of fused-ring (bicyclic) bond motifs is 1. The van der Waals surface area contributed by atoms with Crippen LogP contribution in [0.15, 0.2) is 36.5 Å². The van der Waals surface area contributed by atoms with Crippen LogP contribution in [0, 0.1) is 0 Å². The molecule has 0 aliphatic carbocycles. The zero-order valence-corrected chi connectivity index (χ0v) is 13.3. The summed E-state index contributed by atoms with van der Waals surface area (Å²) in [6, 6.07) is 9.08. The van der Waals surface area contributed by atoms with Gasteiger partial charge in [0.05, 0.1) is 18.8 Å². The molecular weight excluding hydrogens is 302 g/mol. The third-order valence-corrected chi connectivity index (χ3v) is 4.24. The number of nitrogens with zero attached hydrogens (tertiary/aromatic N) is 2. The second-order valence-electron chi connectivity index (χ2n) is 5.27. The van der Waals surface area contributed by atoms with Crippen LogP contribution in [0.2, 0.25) is 5.02 Å². The number of carbonyl (C=O) groups excluding carboxylic acids is 1. The van der Waals surface area contributed by atoms with E-state index < -0.39 is 0 Å². The highest BCUT2D eigenvalue weighted by Gasteiger charge is 2.27. The number of nitrogens with one attached hydrogen (secondary N) is 1. The first-order valence-electron chi connectivity index (χ1n) is 7.16. The maximum absolute atomic E-state index is 12.6. The Bertz CT molecular complexity index is 698. The number of rotatable bonds is 2. The molecule has 2 aromatic rings. The summed E-state index contributed by atoms with van der Waals surface area (Å²) >= 11 is 6.00. The van der Waals surface area contributed by atoms with Crippen LogP contribution in [0.25, 0.3) is 0 Å². The number of methoxy groups -OCH3 is 1. The van der Waals surface area contributed by atoms with Crippen molar-refractivity contribution in [3.63, 3.8) is 0 Å². The zero-order chi connectivity index (χ0) is 15.7. The molecule has 1 aliphatic heterocycles. The van der Waals surface area contributed by atoms with Crippen molar-refractivity contribution >= 4 is 23.3 Å². The third kappa shape index (κ3) is 2.64. The fraction of sp³-hybridized carbons (Fsp3) is 0.312. The van der Waals surface area contributed by atoms with Crippen molar-refractivity contribution in [3.05, 3.63) is 47.2 Å². The molecule has 0 bridgehead atoms. The molecule has 2 amide bonds. The first-order chi connectivity index (χ1) is 10.6. The molecule has 3 rings (SSSR count). The van der Waals surface area contributed by atoms with E-state index in [-0.39, 0.29) is 12.1 Å². The Morgan fingerprint density at radius 3 is 2.95 bits per heavy atom. The average molecular weight is 320 g/mol. The van der Waals surface area contributed by atoms with Gasteiger partial charge in [-0.15, -0.1) is 0 Å². The van der Waals surface area contributed by atoms with Gasteiger partial charge >= 0.3 is 6.03 Å². The van der Waals surface area contributed by atoms with E-state index in [1.807, 2.05) is 30.2 Å². The second kappa shape index (κ2) is 5.93. The van der Waals surface area contributed by atoms with E-state index in [9.17, 15) is 4.79 Å². The molecule has 1 aromatic heterocycles. The van der Waals surface area contributed by atoms with Gasteiger partial charge in [0, 0.05) is 30.0 Å². The number of carbonyl (C=O) groups is 1. The van der Waals surface area contributed by atoms with Crippen molar-refractivity contribution < 1.29 is 9.53 Å². The van der Waals surface area contributed by atoms with Crippen LogP contribution in [0.5, 0.6) is 5.75 Å². The van der Waals surface area contributed by atoms with Gasteiger partial charge in [0.25, 0.3) is 0 Å². The van der Waals surface area contributed by atoms with E-state index in [0.717, 1.165) is 12.2 Å². The maximum Gasteiger partial charge on any atom is 0.322 e. The van der Waals surface area contributed by atoms with E-state index >= 15 is 0 Å². The summed E-state index contributed by atoms with van der Waals surface area (Å²) in [5.74, 6) is 0.589. The maximum atomic E-state index is 12.6. The number of amides is 2. The molecule has 0 saturated carbocycles. The predicted molar refractivity (Wildman–Crippen MR) is 86.6 cm³/mol. The van der Waals surface area contributed by atoms with Gasteiger partial charge in [0.1, 0.15) is 5.75 Å². The van der Waals surface area contributed by atoms with E-state index in [4.69, 9.17) is 16.3 Å². The Hall–Kier alpha value is -2.14. The molecule has 6 heteroatoms. The third-order valence-electron chi connectivity index (χ3n) is 4.01. The lowest BCUT2D eigenvalue weighted by Gasteiger charge is -2.35. The Labute approximate surface area is 134 Å². The summed E-state index contributed by atoms with van der Waals surface area (Å²) in [4.78, 5) is 14.4. The van der Waals surface area contributed by atoms with E-state index in [1.54, 1.807) is 25.3 Å². The van der Waals surface area contributed by atoms with Gasteiger partial charge in [-0.2, -0.15) is 0 Å². The fourth-order valence-electron chi connectivity index (χ4n) is 2.82. The molecule has 1 N–H and O–H groups in total. The first kappa shape index (κ1) is 14.8. The summed E-state index contributed by atoms with van der Waals surface area (Å²) in [5.41, 5.74) is 1.72. The van der Waals surface area contributed by atoms with Crippen LogP contribution < -0.4 is 10.1 Å². The minimum atomic E-state index is -0.152. The smallest absolute Gasteiger partial charge is 0.322 e. The molecule has 1 atom stereocenters. The largest absolute Gasteiger partial charge is 0.495 e. The summed E-state index contributed by atoms with van der Waals surface area (Å²) in [7, 11) is 1.56. The van der Waals surface area contributed by atoms with Gasteiger partial charge in [0.2, 0.25) is 0 Å². The highest BCUT2D eigenvalue weighted by Crippen LogP contribution is 2.30. The van der Waals surface area contributed by atoms with Crippen LogP contribution >= 0.6 is 11.6 Å². The minimum absolute atomic E-state index is 0.0222. The highest BCUT2D eigenvalue weighted by molar-refractivity contribution is 6.31. The van der Waals surface area contributed by atoms with Crippen molar-refractivity contribution in [2.75, 3.05) is 19.0 Å². The van der Waals surface area contributed by atoms with Gasteiger partial charge < -0.3 is 19.5 Å². The van der Waals surface area contributed by atoms with Crippen LogP contribution in [0.4, 0.5) is 10.5 Å². The molecule has 0 radical (unpaired) electrons. The number of halogens is 1. The van der Waals surface area contributed by atoms with Gasteiger partial charge in [-0.05, 0) is 37.3 Å². The number of hydrogen-bond acceptors (Lipinski definition) is 2. The number of urea groups is 1. The standard InChI is InChI=1S/C16H18ClN3O2/c1-11-14-4-3-7-19(14)8-9-20(11)16(21)18-13-10-12(17)5-6-15(13)22-2/h3-7,10-11H,8-9H2,1-2H3,(H,18,21)/t11-/m1/s1. The Kier molecular flexibility index (Phi) is 3.98. The molecule has 0 unspecified atom stereocenters. The molecule has 0 saturated heterocycles. The summed E-state index contributed by atoms with van der Waals surface area (Å²) in [6.07, 6.45) is 2.04. The first-order valence-corrected chi connectivity index (χ1v) is 7.54. The van der Waals surface area contributed by atoms with Crippen LogP contribution in [0.3, 0.4) is 0 Å². The number of benzene rings is 1. The molecule has 22 heavy (non-hydrogen) atoms. The molecule has 116 valence electrons. The summed E-state index contributed by atoms with van der Waals surface area (Å²) in [6.45, 7) is 3.49. The van der Waals surface area contributed by atoms with Gasteiger partial charge in [-0.3, -0.25) is 0 Å². The SMILES string of the molecule is COc1ccc(Cl)cc1NC(=O)N1CCn2cccc2[C@H]1C. The molecule has 1 aromatic carbocycles. The van der Waals surface area contributed by atoms with Gasteiger partial charge in [-0.1, -0.05) is 11.6 Å². The van der Waals surface area contributed by atoms with Crippen molar-refractivity contribution in [1.82, 2.24) is 9.47 Å². The Balaban J connectivity index is 1.80. The predicted octanol–water partition coefficient (Wildman–Crippen LogP) is 3.76. The van der Waals surface area contributed by atoms with Crippen LogP contribution in [-0.4, -0.2) is 29.2 Å². The van der Waals surface area contributed by atoms with Gasteiger partial charge in [0.15, 0.2) is 0 Å². The van der Waals surface area contributed by atoms with Crippen molar-refractivity contribution in [2.24, 2.45) is 0 Å². The van der Waals surface area contributed by atoms with Crippen LogP contribution in [-0.2, 0) is 6.54 Å². The Morgan fingerprint density at radius 2 is 2.18 bits per heavy atom. The molecule has 5 nitrogen and oxygen atoms in total. The second-order valence-corrected chi connectivity index (χ2v) is 5.71. The minimum Gasteiger partial charge on any atom is -0.495 e. The quantitative estimate of drug-likeness (QED) is 0.916. The number of aromatic nitrogens is 1.